The second kappa shape index (κ2) is 21.6. The maximum Gasteiger partial charge on any atom is 0.389 e. The molecule has 0 saturated carbocycles. The van der Waals surface area contributed by atoms with E-state index in [1.165, 1.54) is 11.8 Å². The van der Waals surface area contributed by atoms with Gasteiger partial charge in [0.05, 0.1) is 49.5 Å². The van der Waals surface area contributed by atoms with Gasteiger partial charge in [0.15, 0.2) is 8.32 Å². The number of halogens is 5. The molecule has 0 spiro atoms. The number of nitrogens with one attached hydrogen (secondary N) is 2. The van der Waals surface area contributed by atoms with Gasteiger partial charge in [-0.25, -0.2) is 4.98 Å². The monoisotopic (exact) mass is 1010 g/mol. The van der Waals surface area contributed by atoms with Crippen LogP contribution in [0.4, 0.5) is 13.2 Å². The molecule has 2 saturated heterocycles. The second-order valence-corrected chi connectivity index (χ2v) is 25.9. The van der Waals surface area contributed by atoms with Gasteiger partial charge < -0.3 is 39.1 Å². The zero-order valence-electron chi connectivity index (χ0n) is 40.8. The molecule has 2 N–H and O–H groups in total. The fraction of sp³-hybridized carbons (Fsp3) is 0.500. The Kier molecular flexibility index (Phi) is 16.7. The first-order valence-electron chi connectivity index (χ1n) is 23.1. The number of hydrogen-bond acceptors (Lipinski definition) is 8. The van der Waals surface area contributed by atoms with Crippen LogP contribution in [0.25, 0.3) is 11.3 Å². The third-order valence-electron chi connectivity index (χ3n) is 13.5. The Morgan fingerprint density at radius 2 is 1.61 bits per heavy atom. The Morgan fingerprint density at radius 1 is 0.942 bits per heavy atom. The van der Waals surface area contributed by atoms with Gasteiger partial charge in [-0.05, 0) is 113 Å². The number of amides is 4. The first-order valence-corrected chi connectivity index (χ1v) is 26.8. The zero-order chi connectivity index (χ0) is 50.6. The minimum atomic E-state index is -4.82. The summed E-state index contributed by atoms with van der Waals surface area (Å²) in [6.45, 7) is 11.7. The lowest BCUT2D eigenvalue weighted by Gasteiger charge is -2.45. The van der Waals surface area contributed by atoms with Crippen molar-refractivity contribution in [2.24, 2.45) is 13.0 Å². The van der Waals surface area contributed by atoms with Gasteiger partial charge in [0.2, 0.25) is 23.6 Å². The fourth-order valence-corrected chi connectivity index (χ4v) is 9.84. The lowest BCUT2D eigenvalue weighted by molar-refractivity contribution is -0.164. The third kappa shape index (κ3) is 13.7. The molecule has 13 nitrogen and oxygen atoms in total. The molecule has 4 atom stereocenters. The number of nitrogens with zero attached hydrogens (tertiary/aromatic N) is 5. The SMILES string of the molecule is C[C@H]1C(=O)N[C@@H](CO[Si](C)(C)C(C)(C)C)C(=O)N[C@@]2(Cc3ccc(Cl)cc3)CCCN(C2)C(=O)[C@H](CC(F)(F)F)CC(=O)N1Cc1ccc(Cl)cc1Oc1ccc(-c2cnc(CN(C)C)n2C)cc1. The number of benzene rings is 3. The smallest absolute Gasteiger partial charge is 0.389 e. The number of carbonyl (C=O) groups excluding carboxylic acids is 4. The summed E-state index contributed by atoms with van der Waals surface area (Å²) in [7, 11) is 3.35. The van der Waals surface area contributed by atoms with E-state index >= 15 is 0 Å². The standard InChI is InChI=1S/C50H64Cl2F3N7O6Si/c1-32-45(64)57-40(30-67-69(8,9)48(2,3)4)46(65)58-49(25-33-11-16-37(51)17-12-33)21-10-22-61(31-49)47(66)36(26-50(53,54)55)23-44(63)62(32)28-35-13-18-38(52)24-42(35)68-39-19-14-34(15-20-39)41-27-56-43(60(41)7)29-59(5)6/h11-20,24,27,32,36,40H,10,21-23,25-26,28-31H2,1-9H3,(H,57,64)(H,58,65)/t32-,36-,40-,49+/m0/s1. The Labute approximate surface area is 414 Å². The molecule has 374 valence electrons. The highest BCUT2D eigenvalue weighted by Crippen LogP contribution is 2.38. The van der Waals surface area contributed by atoms with E-state index in [1.807, 2.05) is 76.6 Å². The number of alkyl halides is 3. The molecular formula is C50H64Cl2F3N7O6Si. The van der Waals surface area contributed by atoms with Crippen molar-refractivity contribution in [3.63, 3.8) is 0 Å². The molecule has 0 radical (unpaired) electrons. The first kappa shape index (κ1) is 53.4. The lowest BCUT2D eigenvalue weighted by Crippen LogP contribution is -2.66. The summed E-state index contributed by atoms with van der Waals surface area (Å²) < 4.78 is 58.3. The van der Waals surface area contributed by atoms with E-state index in [9.17, 15) is 32.3 Å². The molecule has 3 heterocycles. The summed E-state index contributed by atoms with van der Waals surface area (Å²) in [6, 6.07) is 16.3. The molecule has 69 heavy (non-hydrogen) atoms. The van der Waals surface area contributed by atoms with Crippen LogP contribution >= 0.6 is 23.2 Å². The summed E-state index contributed by atoms with van der Waals surface area (Å²) in [6.07, 6.45) is -4.53. The van der Waals surface area contributed by atoms with E-state index in [2.05, 4.69) is 15.6 Å². The number of ether oxygens (including phenoxy) is 1. The van der Waals surface area contributed by atoms with Crippen molar-refractivity contribution in [1.82, 2.24) is 34.9 Å². The zero-order valence-corrected chi connectivity index (χ0v) is 43.3. The van der Waals surface area contributed by atoms with Crippen LogP contribution in [-0.4, -0.2) is 114 Å². The van der Waals surface area contributed by atoms with Crippen LogP contribution < -0.4 is 15.4 Å². The van der Waals surface area contributed by atoms with Gasteiger partial charge in [0, 0.05) is 47.7 Å². The van der Waals surface area contributed by atoms with Crippen molar-refractivity contribution in [2.45, 2.75) is 115 Å². The largest absolute Gasteiger partial charge is 0.457 e. The van der Waals surface area contributed by atoms with Crippen molar-refractivity contribution in [3.05, 3.63) is 99.9 Å². The molecular weight excluding hydrogens is 951 g/mol. The molecule has 2 bridgehead atoms. The number of fused-ring (bicyclic) bond motifs is 2. The number of carbonyl (C=O) groups is 4. The quantitative estimate of drug-likeness (QED) is 0.127. The molecule has 4 amide bonds. The van der Waals surface area contributed by atoms with Crippen LogP contribution in [-0.2, 0) is 50.2 Å². The molecule has 19 heteroatoms. The summed E-state index contributed by atoms with van der Waals surface area (Å²) in [5.74, 6) is -3.43. The maximum absolute atomic E-state index is 14.8. The molecule has 1 aromatic heterocycles. The number of hydrogen-bond donors (Lipinski definition) is 2. The molecule has 0 unspecified atom stereocenters. The van der Waals surface area contributed by atoms with E-state index in [1.54, 1.807) is 60.8 Å². The van der Waals surface area contributed by atoms with E-state index in [-0.39, 0.29) is 43.4 Å². The fourth-order valence-electron chi connectivity index (χ4n) is 8.53. The lowest BCUT2D eigenvalue weighted by atomic mass is 9.82. The van der Waals surface area contributed by atoms with Crippen LogP contribution in [0.2, 0.25) is 28.2 Å². The van der Waals surface area contributed by atoms with Gasteiger partial charge in [-0.15, -0.1) is 0 Å². The van der Waals surface area contributed by atoms with Crippen LogP contribution in [0.15, 0.2) is 72.9 Å². The van der Waals surface area contributed by atoms with Crippen molar-refractivity contribution in [2.75, 3.05) is 33.8 Å². The minimum Gasteiger partial charge on any atom is -0.457 e. The van der Waals surface area contributed by atoms with Gasteiger partial charge in [-0.2, -0.15) is 13.2 Å². The Bertz CT molecular complexity index is 2480. The van der Waals surface area contributed by atoms with Crippen LogP contribution in [0, 0.1) is 5.92 Å². The molecule has 0 aliphatic carbocycles. The van der Waals surface area contributed by atoms with Gasteiger partial charge in [0.25, 0.3) is 0 Å². The summed E-state index contributed by atoms with van der Waals surface area (Å²) in [5, 5.41) is 6.55. The highest BCUT2D eigenvalue weighted by molar-refractivity contribution is 6.74. The predicted molar refractivity (Wildman–Crippen MR) is 263 cm³/mol. The molecule has 2 fully saturated rings. The molecule has 3 aromatic carbocycles. The van der Waals surface area contributed by atoms with Crippen LogP contribution in [0.5, 0.6) is 11.5 Å². The molecule has 2 aliphatic heterocycles. The third-order valence-corrected chi connectivity index (χ3v) is 18.5. The number of piperidine rings is 1. The number of imidazole rings is 1. The number of aromatic nitrogens is 2. The van der Waals surface area contributed by atoms with Crippen LogP contribution in [0.1, 0.15) is 70.3 Å². The molecule has 4 aromatic rings. The Balaban J connectivity index is 1.37. The average Bonchev–Trinajstić information content (AvgIpc) is 3.62. The van der Waals surface area contributed by atoms with E-state index in [0.717, 1.165) is 27.5 Å². The Hall–Kier alpha value is -4.94. The minimum absolute atomic E-state index is 0.112. The summed E-state index contributed by atoms with van der Waals surface area (Å²) in [4.78, 5) is 67.6. The van der Waals surface area contributed by atoms with E-state index in [4.69, 9.17) is 32.4 Å². The van der Waals surface area contributed by atoms with Gasteiger partial charge in [0.1, 0.15) is 29.4 Å². The first-order chi connectivity index (χ1) is 32.2. The van der Waals surface area contributed by atoms with Crippen LogP contribution in [0.3, 0.4) is 0 Å². The molecule has 2 aliphatic rings. The average molecular weight is 1020 g/mol. The van der Waals surface area contributed by atoms with Crippen molar-refractivity contribution < 1.29 is 41.5 Å². The summed E-state index contributed by atoms with van der Waals surface area (Å²) >= 11 is 12.7. The van der Waals surface area contributed by atoms with Crippen molar-refractivity contribution >= 4 is 55.1 Å². The van der Waals surface area contributed by atoms with Gasteiger partial charge in [-0.1, -0.05) is 62.2 Å². The van der Waals surface area contributed by atoms with Crippen molar-refractivity contribution in [1.29, 1.82) is 0 Å². The normalized spacial score (nSPS) is 21.3. The molecule has 6 rings (SSSR count). The maximum atomic E-state index is 14.8. The predicted octanol–water partition coefficient (Wildman–Crippen LogP) is 9.16. The number of rotatable bonds is 13. The van der Waals surface area contributed by atoms with E-state index < -0.39 is 74.5 Å². The van der Waals surface area contributed by atoms with Gasteiger partial charge in [-0.3, -0.25) is 19.2 Å². The Morgan fingerprint density at radius 3 is 2.25 bits per heavy atom. The topological polar surface area (TPSA) is 138 Å². The highest BCUT2D eigenvalue weighted by Gasteiger charge is 2.46. The van der Waals surface area contributed by atoms with Gasteiger partial charge >= 0.3 is 6.18 Å². The second-order valence-electron chi connectivity index (χ2n) is 20.2. The van der Waals surface area contributed by atoms with E-state index in [0.29, 0.717) is 40.7 Å². The van der Waals surface area contributed by atoms with Crippen molar-refractivity contribution in [3.8, 4) is 22.8 Å². The summed E-state index contributed by atoms with van der Waals surface area (Å²) in [5.41, 5.74) is 1.75. The highest BCUT2D eigenvalue weighted by atomic mass is 35.5.